The quantitative estimate of drug-likeness (QED) is 0.146. The summed E-state index contributed by atoms with van der Waals surface area (Å²) in [5.74, 6) is -0.425. The Balaban J connectivity index is 1.46. The zero-order chi connectivity index (χ0) is 24.4. The molecule has 0 radical (unpaired) electrons. The minimum atomic E-state index is -0.490. The molecule has 0 spiro atoms. The number of nitriles is 1. The minimum absolute atomic E-state index is 0.300. The lowest BCUT2D eigenvalue weighted by molar-refractivity contribution is 0.0601. The van der Waals surface area contributed by atoms with Gasteiger partial charge in [-0.25, -0.2) is 14.6 Å². The molecule has 3 aromatic carbocycles. The molecule has 0 bridgehead atoms. The molecular weight excluding hydrogens is 462 g/mol. The first kappa shape index (κ1) is 22.1. The number of rotatable bonds is 5. The molecule has 0 atom stereocenters. The van der Waals surface area contributed by atoms with Gasteiger partial charge in [0.2, 0.25) is 0 Å². The number of carbonyl (C=O) groups excluding carboxylic acids is 1. The number of benzene rings is 3. The first-order valence-electron chi connectivity index (χ1n) is 10.5. The smallest absolute Gasteiger partial charge is 0.345 e. The van der Waals surface area contributed by atoms with Crippen LogP contribution in [0.15, 0.2) is 87.5 Å². The number of aromatic nitrogens is 1. The van der Waals surface area contributed by atoms with Crippen molar-refractivity contribution in [1.82, 2.24) is 4.98 Å². The van der Waals surface area contributed by atoms with E-state index in [4.69, 9.17) is 9.15 Å². The summed E-state index contributed by atoms with van der Waals surface area (Å²) in [6.45, 7) is 0. The van der Waals surface area contributed by atoms with Gasteiger partial charge in [-0.2, -0.15) is 5.26 Å². The molecule has 5 aromatic rings. The van der Waals surface area contributed by atoms with E-state index < -0.39 is 11.6 Å². The number of hydrogen-bond donors (Lipinski definition) is 1. The van der Waals surface area contributed by atoms with E-state index in [0.29, 0.717) is 38.7 Å². The average molecular weight is 480 g/mol. The zero-order valence-electron chi connectivity index (χ0n) is 18.4. The van der Waals surface area contributed by atoms with Crippen molar-refractivity contribution >= 4 is 50.3 Å². The highest BCUT2D eigenvalue weighted by Gasteiger charge is 2.15. The van der Waals surface area contributed by atoms with E-state index in [2.05, 4.69) is 16.4 Å². The summed E-state index contributed by atoms with van der Waals surface area (Å²) in [6.07, 6.45) is 1.53. The van der Waals surface area contributed by atoms with E-state index in [-0.39, 0.29) is 0 Å². The molecule has 35 heavy (non-hydrogen) atoms. The van der Waals surface area contributed by atoms with Crippen LogP contribution in [0.3, 0.4) is 0 Å². The van der Waals surface area contributed by atoms with Gasteiger partial charge in [-0.05, 0) is 47.2 Å². The molecule has 2 heterocycles. The number of nitrogens with zero attached hydrogens (tertiary/aromatic N) is 2. The maximum Gasteiger partial charge on any atom is 0.345 e. The van der Waals surface area contributed by atoms with Crippen LogP contribution in [0.4, 0.5) is 5.69 Å². The normalized spacial score (nSPS) is 11.4. The Hall–Kier alpha value is -4.74. The number of carbonyl (C=O) groups is 1. The number of anilines is 1. The first-order chi connectivity index (χ1) is 17.1. The Kier molecular flexibility index (Phi) is 5.83. The van der Waals surface area contributed by atoms with Crippen LogP contribution in [0.25, 0.3) is 38.6 Å². The number of hydrogen-bond acceptors (Lipinski definition) is 8. The van der Waals surface area contributed by atoms with E-state index in [9.17, 15) is 14.9 Å². The fraction of sp³-hybridized carbons (Fsp3) is 0.0370. The van der Waals surface area contributed by atoms with E-state index in [1.54, 1.807) is 41.8 Å². The number of thiazole rings is 1. The van der Waals surface area contributed by atoms with E-state index >= 15 is 0 Å². The van der Waals surface area contributed by atoms with Crippen molar-refractivity contribution in [2.45, 2.75) is 0 Å². The second-order valence-electron chi connectivity index (χ2n) is 7.57. The van der Waals surface area contributed by atoms with E-state index in [1.807, 2.05) is 30.3 Å². The van der Waals surface area contributed by atoms with Gasteiger partial charge < -0.3 is 14.5 Å². The van der Waals surface area contributed by atoms with Gasteiger partial charge in [0.15, 0.2) is 0 Å². The van der Waals surface area contributed by atoms with Gasteiger partial charge in [-0.3, -0.25) is 0 Å². The van der Waals surface area contributed by atoms with Gasteiger partial charge in [0.05, 0.1) is 23.9 Å². The van der Waals surface area contributed by atoms with Gasteiger partial charge in [0, 0.05) is 22.7 Å². The van der Waals surface area contributed by atoms with E-state index in [0.717, 1.165) is 16.2 Å². The van der Waals surface area contributed by atoms with Crippen LogP contribution in [0.1, 0.15) is 15.4 Å². The predicted molar refractivity (Wildman–Crippen MR) is 136 cm³/mol. The highest BCUT2D eigenvalue weighted by molar-refractivity contribution is 7.11. The van der Waals surface area contributed by atoms with Gasteiger partial charge >= 0.3 is 11.6 Å². The van der Waals surface area contributed by atoms with Crippen LogP contribution in [-0.4, -0.2) is 18.1 Å². The van der Waals surface area contributed by atoms with Gasteiger partial charge in [-0.1, -0.05) is 30.3 Å². The summed E-state index contributed by atoms with van der Waals surface area (Å²) in [4.78, 5) is 28.8. The number of nitrogens with one attached hydrogen (secondary N) is 1. The Morgan fingerprint density at radius 2 is 1.91 bits per heavy atom. The topological polar surface area (TPSA) is 105 Å². The third-order valence-electron chi connectivity index (χ3n) is 5.46. The third kappa shape index (κ3) is 4.28. The molecular formula is C27H17N3O4S. The lowest BCUT2D eigenvalue weighted by Crippen LogP contribution is -2.03. The number of esters is 1. The van der Waals surface area contributed by atoms with Crippen molar-refractivity contribution in [2.75, 3.05) is 12.4 Å². The number of ether oxygens (including phenoxy) is 1. The number of methoxy groups -OCH3 is 1. The molecule has 0 amide bonds. The molecule has 2 aromatic heterocycles. The standard InChI is InChI=1S/C27H17N3O4S/c1-33-26(31)17-6-9-19(10-7-17)29-14-18(13-28)25-30-23(15-35-25)22-12-21-20-5-3-2-4-16(20)8-11-24(21)34-27(22)32/h2-12,14-15,29H,1H3/b18-14+. The maximum absolute atomic E-state index is 12.7. The largest absolute Gasteiger partial charge is 0.465 e. The summed E-state index contributed by atoms with van der Waals surface area (Å²) >= 11 is 1.26. The lowest BCUT2D eigenvalue weighted by atomic mass is 10.0. The van der Waals surface area contributed by atoms with Crippen LogP contribution in [0.2, 0.25) is 0 Å². The maximum atomic E-state index is 12.7. The highest BCUT2D eigenvalue weighted by Crippen LogP contribution is 2.30. The average Bonchev–Trinajstić information content (AvgIpc) is 3.38. The Labute approximate surface area is 203 Å². The fourth-order valence-electron chi connectivity index (χ4n) is 3.69. The fourth-order valence-corrected chi connectivity index (χ4v) is 4.47. The Morgan fingerprint density at radius 3 is 2.69 bits per heavy atom. The summed E-state index contributed by atoms with van der Waals surface area (Å²) < 4.78 is 10.3. The molecule has 1 N–H and O–H groups in total. The molecule has 5 rings (SSSR count). The molecule has 170 valence electrons. The van der Waals surface area contributed by atoms with Gasteiger partial charge in [0.25, 0.3) is 0 Å². The lowest BCUT2D eigenvalue weighted by Gasteiger charge is -2.04. The van der Waals surface area contributed by atoms with Gasteiger partial charge in [0.1, 0.15) is 22.2 Å². The van der Waals surface area contributed by atoms with Crippen LogP contribution in [-0.2, 0) is 4.74 Å². The first-order valence-corrected chi connectivity index (χ1v) is 11.4. The van der Waals surface area contributed by atoms with Crippen LogP contribution >= 0.6 is 11.3 Å². The molecule has 8 heteroatoms. The molecule has 0 aliphatic heterocycles. The monoisotopic (exact) mass is 479 g/mol. The summed E-state index contributed by atoms with van der Waals surface area (Å²) in [5, 5.41) is 17.7. The predicted octanol–water partition coefficient (Wildman–Crippen LogP) is 5.83. The zero-order valence-corrected chi connectivity index (χ0v) is 19.3. The number of fused-ring (bicyclic) bond motifs is 3. The summed E-state index contributed by atoms with van der Waals surface area (Å²) in [6, 6.07) is 22.2. The second kappa shape index (κ2) is 9.25. The number of allylic oxidation sites excluding steroid dienone is 1. The Morgan fingerprint density at radius 1 is 1.11 bits per heavy atom. The van der Waals surface area contributed by atoms with Crippen molar-refractivity contribution in [3.63, 3.8) is 0 Å². The third-order valence-corrected chi connectivity index (χ3v) is 6.34. The molecule has 0 aliphatic carbocycles. The minimum Gasteiger partial charge on any atom is -0.465 e. The van der Waals surface area contributed by atoms with Crippen molar-refractivity contribution in [3.05, 3.63) is 99.3 Å². The van der Waals surface area contributed by atoms with Crippen molar-refractivity contribution < 1.29 is 13.9 Å². The highest BCUT2D eigenvalue weighted by atomic mass is 32.1. The molecule has 0 saturated carbocycles. The molecule has 7 nitrogen and oxygen atoms in total. The van der Waals surface area contributed by atoms with E-state index in [1.165, 1.54) is 24.6 Å². The molecule has 0 aliphatic rings. The van der Waals surface area contributed by atoms with Crippen molar-refractivity contribution in [3.8, 4) is 17.3 Å². The van der Waals surface area contributed by atoms with Gasteiger partial charge in [-0.15, -0.1) is 11.3 Å². The summed E-state index contributed by atoms with van der Waals surface area (Å²) in [5.41, 5.74) is 2.20. The molecule has 0 fully saturated rings. The van der Waals surface area contributed by atoms with Crippen LogP contribution in [0.5, 0.6) is 0 Å². The summed E-state index contributed by atoms with van der Waals surface area (Å²) in [7, 11) is 1.32. The van der Waals surface area contributed by atoms with Crippen LogP contribution in [0, 0.1) is 11.3 Å². The van der Waals surface area contributed by atoms with Crippen LogP contribution < -0.4 is 10.9 Å². The van der Waals surface area contributed by atoms with Crippen molar-refractivity contribution in [2.24, 2.45) is 0 Å². The molecule has 0 unspecified atom stereocenters. The Bertz CT molecular complexity index is 1710. The molecule has 0 saturated heterocycles. The van der Waals surface area contributed by atoms with Crippen molar-refractivity contribution in [1.29, 1.82) is 5.26 Å². The second-order valence-corrected chi connectivity index (χ2v) is 8.43. The SMILES string of the molecule is COC(=O)c1ccc(N/C=C(\C#N)c2nc(-c3cc4c(ccc5ccccc54)oc3=O)cs2)cc1.